The Bertz CT molecular complexity index is 608. The molecular formula is C15H21ClN2O3S. The summed E-state index contributed by atoms with van der Waals surface area (Å²) in [5.41, 5.74) is 0. The van der Waals surface area contributed by atoms with Crippen LogP contribution in [-0.2, 0) is 14.6 Å². The Morgan fingerprint density at radius 3 is 2.45 bits per heavy atom. The van der Waals surface area contributed by atoms with E-state index < -0.39 is 21.5 Å². The summed E-state index contributed by atoms with van der Waals surface area (Å²) in [6.45, 7) is 2.58. The summed E-state index contributed by atoms with van der Waals surface area (Å²) >= 11 is 5.74. The van der Waals surface area contributed by atoms with Crippen molar-refractivity contribution in [3.8, 4) is 0 Å². The van der Waals surface area contributed by atoms with Gasteiger partial charge >= 0.3 is 0 Å². The van der Waals surface area contributed by atoms with Crippen LogP contribution in [0.5, 0.6) is 0 Å². The topological polar surface area (TPSA) is 66.5 Å². The van der Waals surface area contributed by atoms with E-state index in [0.717, 1.165) is 25.9 Å². The van der Waals surface area contributed by atoms with E-state index in [1.54, 1.807) is 0 Å². The highest BCUT2D eigenvalue weighted by Crippen LogP contribution is 2.16. The van der Waals surface area contributed by atoms with Gasteiger partial charge in [-0.25, -0.2) is 8.42 Å². The van der Waals surface area contributed by atoms with Crippen molar-refractivity contribution < 1.29 is 13.2 Å². The third-order valence-electron chi connectivity index (χ3n) is 3.92. The number of sulfone groups is 1. The maximum Gasteiger partial charge on any atom is 0.235 e. The summed E-state index contributed by atoms with van der Waals surface area (Å²) in [5, 5.41) is 3.21. The average Bonchev–Trinajstić information content (AvgIpc) is 2.46. The van der Waals surface area contributed by atoms with Crippen LogP contribution in [-0.4, -0.2) is 51.7 Å². The molecule has 1 heterocycles. The minimum atomic E-state index is -3.62. The molecule has 0 spiro atoms. The molecule has 1 aliphatic rings. The zero-order valence-electron chi connectivity index (χ0n) is 12.6. The second-order valence-electron chi connectivity index (χ2n) is 5.76. The van der Waals surface area contributed by atoms with Gasteiger partial charge in [0.1, 0.15) is 5.75 Å². The van der Waals surface area contributed by atoms with Crippen molar-refractivity contribution in [2.24, 2.45) is 5.92 Å². The van der Waals surface area contributed by atoms with Gasteiger partial charge in [0.15, 0.2) is 9.84 Å². The Morgan fingerprint density at radius 1 is 1.27 bits per heavy atom. The number of carbonyl (C=O) groups is 1. The number of likely N-dealkylation sites (tertiary alicyclic amines) is 1. The van der Waals surface area contributed by atoms with Crippen LogP contribution < -0.4 is 5.32 Å². The lowest BCUT2D eigenvalue weighted by Gasteiger charge is -2.28. The summed E-state index contributed by atoms with van der Waals surface area (Å²) in [6, 6.07) is 5.85. The molecule has 7 heteroatoms. The molecule has 1 aromatic rings. The molecule has 0 saturated carbocycles. The van der Waals surface area contributed by atoms with Crippen LogP contribution >= 0.6 is 11.6 Å². The molecule has 1 N–H and O–H groups in total. The number of nitrogens with zero attached hydrogens (tertiary/aromatic N) is 1. The zero-order valence-corrected chi connectivity index (χ0v) is 14.2. The highest BCUT2D eigenvalue weighted by atomic mass is 35.5. The summed E-state index contributed by atoms with van der Waals surface area (Å²) in [6.07, 6.45) is 2.06. The second kappa shape index (κ2) is 7.44. The molecule has 0 bridgehead atoms. The van der Waals surface area contributed by atoms with E-state index in [0.29, 0.717) is 17.5 Å². The van der Waals surface area contributed by atoms with Crippen LogP contribution in [0, 0.1) is 5.92 Å². The van der Waals surface area contributed by atoms with E-state index >= 15 is 0 Å². The van der Waals surface area contributed by atoms with E-state index in [4.69, 9.17) is 11.6 Å². The molecular weight excluding hydrogens is 324 g/mol. The van der Waals surface area contributed by atoms with Crippen LogP contribution in [0.2, 0.25) is 5.02 Å². The molecule has 122 valence electrons. The fraction of sp³-hybridized carbons (Fsp3) is 0.533. The number of hydrogen-bond acceptors (Lipinski definition) is 4. The molecule has 5 nitrogen and oxygen atoms in total. The molecule has 0 aromatic heterocycles. The molecule has 0 atom stereocenters. The Labute approximate surface area is 136 Å². The van der Waals surface area contributed by atoms with E-state index in [1.165, 1.54) is 24.3 Å². The number of benzene rings is 1. The van der Waals surface area contributed by atoms with Gasteiger partial charge in [-0.3, -0.25) is 4.79 Å². The van der Waals surface area contributed by atoms with E-state index in [-0.39, 0.29) is 4.90 Å². The molecule has 2 rings (SSSR count). The van der Waals surface area contributed by atoms with Gasteiger partial charge in [-0.1, -0.05) is 11.6 Å². The molecule has 1 fully saturated rings. The van der Waals surface area contributed by atoms with E-state index in [9.17, 15) is 13.2 Å². The number of carbonyl (C=O) groups excluding carboxylic acids is 1. The van der Waals surface area contributed by atoms with Crippen LogP contribution in [0.15, 0.2) is 29.2 Å². The lowest BCUT2D eigenvalue weighted by atomic mass is 9.97. The average molecular weight is 345 g/mol. The van der Waals surface area contributed by atoms with Gasteiger partial charge in [0, 0.05) is 11.6 Å². The Kier molecular flexibility index (Phi) is 5.83. The van der Waals surface area contributed by atoms with Gasteiger partial charge in [0.2, 0.25) is 5.91 Å². The largest absolute Gasteiger partial charge is 0.355 e. The van der Waals surface area contributed by atoms with Gasteiger partial charge < -0.3 is 10.2 Å². The molecule has 22 heavy (non-hydrogen) atoms. The zero-order chi connectivity index (χ0) is 16.2. The lowest BCUT2D eigenvalue weighted by molar-refractivity contribution is -0.118. The highest BCUT2D eigenvalue weighted by molar-refractivity contribution is 7.92. The molecule has 1 amide bonds. The van der Waals surface area contributed by atoms with Gasteiger partial charge in [0.25, 0.3) is 0 Å². The first-order valence-electron chi connectivity index (χ1n) is 7.30. The van der Waals surface area contributed by atoms with Crippen molar-refractivity contribution in [2.45, 2.75) is 17.7 Å². The Balaban J connectivity index is 1.84. The molecule has 1 aromatic carbocycles. The van der Waals surface area contributed by atoms with Gasteiger partial charge in [-0.2, -0.15) is 0 Å². The van der Waals surface area contributed by atoms with Crippen LogP contribution in [0.4, 0.5) is 0 Å². The Hall–Kier alpha value is -1.11. The standard InChI is InChI=1S/C15H21ClN2O3S/c1-18-8-6-12(7-9-18)10-17-15(19)11-22(20,21)14-4-2-13(16)3-5-14/h2-5,12H,6-11H2,1H3,(H,17,19). The molecule has 0 unspecified atom stereocenters. The summed E-state index contributed by atoms with van der Waals surface area (Å²) in [7, 11) is -1.54. The van der Waals surface area contributed by atoms with Gasteiger partial charge in [0.05, 0.1) is 4.90 Å². The number of halogens is 1. The maximum absolute atomic E-state index is 12.1. The SMILES string of the molecule is CN1CCC(CNC(=O)CS(=O)(=O)c2ccc(Cl)cc2)CC1. The molecule has 0 aliphatic carbocycles. The minimum absolute atomic E-state index is 0.117. The fourth-order valence-corrected chi connectivity index (χ4v) is 3.76. The van der Waals surface area contributed by atoms with Gasteiger partial charge in [-0.05, 0) is 63.2 Å². The smallest absolute Gasteiger partial charge is 0.235 e. The van der Waals surface area contributed by atoms with Crippen LogP contribution in [0.25, 0.3) is 0 Å². The number of amides is 1. The number of rotatable bonds is 5. The maximum atomic E-state index is 12.1. The molecule has 1 aliphatic heterocycles. The summed E-state index contributed by atoms with van der Waals surface area (Å²) in [4.78, 5) is 14.2. The third-order valence-corrected chi connectivity index (χ3v) is 5.80. The van der Waals surface area contributed by atoms with E-state index in [2.05, 4.69) is 17.3 Å². The van der Waals surface area contributed by atoms with Crippen LogP contribution in [0.3, 0.4) is 0 Å². The van der Waals surface area contributed by atoms with Crippen molar-refractivity contribution in [2.75, 3.05) is 32.4 Å². The van der Waals surface area contributed by atoms with Crippen molar-refractivity contribution in [3.63, 3.8) is 0 Å². The lowest BCUT2D eigenvalue weighted by Crippen LogP contribution is -2.38. The Morgan fingerprint density at radius 2 is 1.86 bits per heavy atom. The number of piperidine rings is 1. The van der Waals surface area contributed by atoms with Crippen LogP contribution in [0.1, 0.15) is 12.8 Å². The van der Waals surface area contributed by atoms with Gasteiger partial charge in [-0.15, -0.1) is 0 Å². The summed E-state index contributed by atoms with van der Waals surface area (Å²) < 4.78 is 24.3. The normalized spacial score (nSPS) is 17.4. The predicted molar refractivity (Wildman–Crippen MR) is 86.7 cm³/mol. The molecule has 1 saturated heterocycles. The number of hydrogen-bond donors (Lipinski definition) is 1. The van der Waals surface area contributed by atoms with Crippen molar-refractivity contribution in [1.82, 2.24) is 10.2 Å². The first kappa shape index (κ1) is 17.2. The van der Waals surface area contributed by atoms with E-state index in [1.807, 2.05) is 0 Å². The number of nitrogens with one attached hydrogen (secondary N) is 1. The summed E-state index contributed by atoms with van der Waals surface area (Å²) in [5.74, 6) is -0.548. The minimum Gasteiger partial charge on any atom is -0.355 e. The third kappa shape index (κ3) is 4.97. The van der Waals surface area contributed by atoms with Crippen molar-refractivity contribution >= 4 is 27.3 Å². The second-order valence-corrected chi connectivity index (χ2v) is 8.19. The van der Waals surface area contributed by atoms with Crippen molar-refractivity contribution in [1.29, 1.82) is 0 Å². The van der Waals surface area contributed by atoms with Crippen molar-refractivity contribution in [3.05, 3.63) is 29.3 Å². The quantitative estimate of drug-likeness (QED) is 0.880. The highest BCUT2D eigenvalue weighted by Gasteiger charge is 2.21. The fourth-order valence-electron chi connectivity index (χ4n) is 2.47. The monoisotopic (exact) mass is 344 g/mol. The first-order chi connectivity index (χ1) is 10.4. The first-order valence-corrected chi connectivity index (χ1v) is 9.33. The molecule has 0 radical (unpaired) electrons. The predicted octanol–water partition coefficient (Wildman–Crippen LogP) is 1.57.